The Morgan fingerprint density at radius 1 is 1.12 bits per heavy atom. The second-order valence-corrected chi connectivity index (χ2v) is 3.81. The monoisotopic (exact) mass is 231 g/mol. The quantitative estimate of drug-likeness (QED) is 0.621. The van der Waals surface area contributed by atoms with Crippen LogP contribution in [0.5, 0.6) is 0 Å². The molecule has 1 heterocycles. The van der Waals surface area contributed by atoms with Crippen molar-refractivity contribution in [1.82, 2.24) is 16.2 Å². The molecule has 88 valence electrons. The lowest BCUT2D eigenvalue weighted by Gasteiger charge is -2.13. The van der Waals surface area contributed by atoms with Crippen molar-refractivity contribution in [2.45, 2.75) is 12.5 Å². The fourth-order valence-corrected chi connectivity index (χ4v) is 1.59. The van der Waals surface area contributed by atoms with E-state index in [9.17, 15) is 9.59 Å². The fourth-order valence-electron chi connectivity index (χ4n) is 1.59. The number of rotatable bonds is 2. The maximum absolute atomic E-state index is 11.7. The predicted octanol–water partition coefficient (Wildman–Crippen LogP) is -0.138. The molecule has 2 rings (SSSR count). The number of nitrogens with one attached hydrogen (secondary N) is 3. The van der Waals surface area contributed by atoms with Crippen molar-refractivity contribution in [3.05, 3.63) is 48.2 Å². The Kier molecular flexibility index (Phi) is 3.09. The summed E-state index contributed by atoms with van der Waals surface area (Å²) in [5.41, 5.74) is 6.00. The first-order valence-electron chi connectivity index (χ1n) is 5.26. The molecule has 1 aromatic rings. The zero-order chi connectivity index (χ0) is 12.3. The van der Waals surface area contributed by atoms with Gasteiger partial charge in [0.25, 0.3) is 11.8 Å². The van der Waals surface area contributed by atoms with Gasteiger partial charge < -0.3 is 5.32 Å². The van der Waals surface area contributed by atoms with Crippen LogP contribution in [0.3, 0.4) is 0 Å². The summed E-state index contributed by atoms with van der Waals surface area (Å²) in [5, 5.41) is 2.61. The maximum atomic E-state index is 11.7. The van der Waals surface area contributed by atoms with Gasteiger partial charge in [0.15, 0.2) is 0 Å². The van der Waals surface area contributed by atoms with E-state index in [2.05, 4.69) is 22.7 Å². The molecule has 3 N–H and O–H groups in total. The van der Waals surface area contributed by atoms with E-state index in [-0.39, 0.29) is 17.5 Å². The number of carbonyl (C=O) groups excluding carboxylic acids is 2. The molecule has 0 spiro atoms. The number of hydrazine groups is 1. The average molecular weight is 231 g/mol. The summed E-state index contributed by atoms with van der Waals surface area (Å²) in [7, 11) is 0. The van der Waals surface area contributed by atoms with E-state index in [1.807, 2.05) is 30.3 Å². The number of amides is 2. The molecule has 5 nitrogen and oxygen atoms in total. The molecule has 0 unspecified atom stereocenters. The Morgan fingerprint density at radius 2 is 1.82 bits per heavy atom. The lowest BCUT2D eigenvalue weighted by molar-refractivity contribution is -0.125. The van der Waals surface area contributed by atoms with Gasteiger partial charge in [0, 0.05) is 6.42 Å². The largest absolute Gasteiger partial charge is 0.339 e. The van der Waals surface area contributed by atoms with Crippen molar-refractivity contribution in [2.24, 2.45) is 0 Å². The minimum Gasteiger partial charge on any atom is -0.339 e. The van der Waals surface area contributed by atoms with E-state index in [1.54, 1.807) is 0 Å². The first-order chi connectivity index (χ1) is 8.16. The minimum atomic E-state index is -0.586. The van der Waals surface area contributed by atoms with Crippen molar-refractivity contribution in [3.63, 3.8) is 0 Å². The van der Waals surface area contributed by atoms with Gasteiger partial charge in [-0.05, 0) is 5.56 Å². The normalized spacial score (nSPS) is 20.0. The number of carbonyl (C=O) groups is 2. The lowest BCUT2D eigenvalue weighted by atomic mass is 10.1. The van der Waals surface area contributed by atoms with Crippen LogP contribution in [0.4, 0.5) is 0 Å². The Bertz CT molecular complexity index is 456. The Labute approximate surface area is 98.9 Å². The lowest BCUT2D eigenvalue weighted by Crippen LogP contribution is -2.45. The molecular weight excluding hydrogens is 218 g/mol. The Hall–Kier alpha value is -2.30. The van der Waals surface area contributed by atoms with Gasteiger partial charge >= 0.3 is 0 Å². The van der Waals surface area contributed by atoms with Gasteiger partial charge in [0.2, 0.25) is 0 Å². The van der Waals surface area contributed by atoms with Crippen LogP contribution in [0, 0.1) is 0 Å². The van der Waals surface area contributed by atoms with E-state index in [4.69, 9.17) is 0 Å². The third kappa shape index (κ3) is 2.63. The topological polar surface area (TPSA) is 70.2 Å². The van der Waals surface area contributed by atoms with Crippen LogP contribution < -0.4 is 16.2 Å². The third-order valence-electron chi connectivity index (χ3n) is 2.52. The molecule has 2 amide bonds. The highest BCUT2D eigenvalue weighted by Crippen LogP contribution is 2.05. The molecule has 1 aliphatic heterocycles. The van der Waals surface area contributed by atoms with Crippen molar-refractivity contribution >= 4 is 11.8 Å². The van der Waals surface area contributed by atoms with E-state index >= 15 is 0 Å². The number of benzene rings is 1. The summed E-state index contributed by atoms with van der Waals surface area (Å²) in [6.45, 7) is 3.49. The first-order valence-corrected chi connectivity index (χ1v) is 5.26. The number of hydrogen-bond acceptors (Lipinski definition) is 3. The SMILES string of the molecule is C=C1NNC(=O)[C@H](Cc2ccccc2)NC1=O. The summed E-state index contributed by atoms with van der Waals surface area (Å²) >= 11 is 0. The zero-order valence-electron chi connectivity index (χ0n) is 9.19. The second kappa shape index (κ2) is 4.69. The van der Waals surface area contributed by atoms with Crippen LogP contribution in [0.2, 0.25) is 0 Å². The van der Waals surface area contributed by atoms with Gasteiger partial charge in [-0.15, -0.1) is 0 Å². The highest BCUT2D eigenvalue weighted by atomic mass is 16.2. The summed E-state index contributed by atoms with van der Waals surface area (Å²) in [5.74, 6) is -0.648. The highest BCUT2D eigenvalue weighted by Gasteiger charge is 2.25. The zero-order valence-corrected chi connectivity index (χ0v) is 9.19. The second-order valence-electron chi connectivity index (χ2n) is 3.81. The molecule has 1 saturated heterocycles. The molecule has 1 aromatic carbocycles. The standard InChI is InChI=1S/C12H13N3O2/c1-8-11(16)13-10(12(17)15-14-8)7-9-5-3-2-4-6-9/h2-6,10,14H,1,7H2,(H,13,16)(H,15,17)/t10-/m0/s1. The van der Waals surface area contributed by atoms with Gasteiger partial charge in [-0.3, -0.25) is 20.4 Å². The van der Waals surface area contributed by atoms with Crippen molar-refractivity contribution in [3.8, 4) is 0 Å². The van der Waals surface area contributed by atoms with Gasteiger partial charge in [0.05, 0.1) is 0 Å². The van der Waals surface area contributed by atoms with Gasteiger partial charge in [-0.25, -0.2) is 0 Å². The van der Waals surface area contributed by atoms with E-state index in [0.717, 1.165) is 5.56 Å². The smallest absolute Gasteiger partial charge is 0.269 e. The van der Waals surface area contributed by atoms with Crippen molar-refractivity contribution < 1.29 is 9.59 Å². The van der Waals surface area contributed by atoms with Crippen molar-refractivity contribution in [1.29, 1.82) is 0 Å². The first kappa shape index (κ1) is 11.2. The predicted molar refractivity (Wildman–Crippen MR) is 62.5 cm³/mol. The summed E-state index contributed by atoms with van der Waals surface area (Å²) in [6.07, 6.45) is 0.452. The maximum Gasteiger partial charge on any atom is 0.269 e. The highest BCUT2D eigenvalue weighted by molar-refractivity contribution is 5.98. The third-order valence-corrected chi connectivity index (χ3v) is 2.52. The molecular formula is C12H13N3O2. The molecule has 0 aromatic heterocycles. The average Bonchev–Trinajstić information content (AvgIpc) is 2.45. The molecule has 0 bridgehead atoms. The van der Waals surface area contributed by atoms with Crippen LogP contribution in [-0.2, 0) is 16.0 Å². The fraction of sp³-hybridized carbons (Fsp3) is 0.167. The van der Waals surface area contributed by atoms with Crippen LogP contribution in [-0.4, -0.2) is 17.9 Å². The van der Waals surface area contributed by atoms with Crippen LogP contribution >= 0.6 is 0 Å². The van der Waals surface area contributed by atoms with Crippen molar-refractivity contribution in [2.75, 3.05) is 0 Å². The molecule has 17 heavy (non-hydrogen) atoms. The number of hydrogen-bond donors (Lipinski definition) is 3. The van der Waals surface area contributed by atoms with Crippen LogP contribution in [0.25, 0.3) is 0 Å². The summed E-state index contributed by atoms with van der Waals surface area (Å²) in [4.78, 5) is 23.2. The van der Waals surface area contributed by atoms with Gasteiger partial charge in [-0.2, -0.15) is 0 Å². The van der Waals surface area contributed by atoms with E-state index < -0.39 is 6.04 Å². The molecule has 0 aliphatic carbocycles. The Morgan fingerprint density at radius 3 is 2.53 bits per heavy atom. The molecule has 1 fully saturated rings. The summed E-state index contributed by atoms with van der Waals surface area (Å²) < 4.78 is 0. The van der Waals surface area contributed by atoms with Crippen LogP contribution in [0.15, 0.2) is 42.6 Å². The minimum absolute atomic E-state index is 0.133. The molecule has 0 saturated carbocycles. The molecule has 5 heteroatoms. The van der Waals surface area contributed by atoms with Crippen LogP contribution in [0.1, 0.15) is 5.56 Å². The van der Waals surface area contributed by atoms with E-state index in [1.165, 1.54) is 0 Å². The molecule has 1 atom stereocenters. The molecule has 0 radical (unpaired) electrons. The van der Waals surface area contributed by atoms with Gasteiger partial charge in [-0.1, -0.05) is 36.9 Å². The van der Waals surface area contributed by atoms with E-state index in [0.29, 0.717) is 6.42 Å². The van der Waals surface area contributed by atoms with Gasteiger partial charge in [0.1, 0.15) is 11.7 Å². The Balaban J connectivity index is 2.11. The molecule has 1 aliphatic rings. The summed E-state index contributed by atoms with van der Waals surface area (Å²) in [6, 6.07) is 8.92.